The highest BCUT2D eigenvalue weighted by atomic mass is 16.2. The fourth-order valence-corrected chi connectivity index (χ4v) is 2.11. The van der Waals surface area contributed by atoms with Gasteiger partial charge in [-0.15, -0.1) is 5.10 Å². The van der Waals surface area contributed by atoms with Gasteiger partial charge >= 0.3 is 5.91 Å². The van der Waals surface area contributed by atoms with Crippen LogP contribution in [-0.2, 0) is 0 Å². The van der Waals surface area contributed by atoms with E-state index in [4.69, 9.17) is 0 Å². The maximum atomic E-state index is 12.1. The van der Waals surface area contributed by atoms with E-state index in [0.717, 1.165) is 17.1 Å². The van der Waals surface area contributed by atoms with Gasteiger partial charge in [-0.2, -0.15) is 10.1 Å². The molecule has 8 heteroatoms. The van der Waals surface area contributed by atoms with Crippen LogP contribution in [0.3, 0.4) is 0 Å². The number of fused-ring (bicyclic) bond motifs is 1. The first-order valence-corrected chi connectivity index (χ1v) is 7.01. The average Bonchev–Trinajstić information content (AvgIpc) is 2.91. The number of rotatable bonds is 3. The van der Waals surface area contributed by atoms with E-state index >= 15 is 0 Å². The zero-order valence-electron chi connectivity index (χ0n) is 13.0. The van der Waals surface area contributed by atoms with Gasteiger partial charge in [0.1, 0.15) is 0 Å². The number of nitrogens with zero attached hydrogens (tertiary/aromatic N) is 6. The summed E-state index contributed by atoms with van der Waals surface area (Å²) in [5, 5.41) is 8.01. The van der Waals surface area contributed by atoms with Crippen LogP contribution in [0, 0.1) is 20.8 Å². The van der Waals surface area contributed by atoms with Crippen molar-refractivity contribution >= 4 is 17.9 Å². The van der Waals surface area contributed by atoms with Crippen molar-refractivity contribution in [3.63, 3.8) is 0 Å². The minimum atomic E-state index is -0.503. The molecule has 3 aromatic heterocycles. The highest BCUT2D eigenvalue weighted by Crippen LogP contribution is 2.05. The molecule has 0 aliphatic heterocycles. The minimum Gasteiger partial charge on any atom is -0.264 e. The molecule has 0 atom stereocenters. The quantitative estimate of drug-likeness (QED) is 0.579. The van der Waals surface area contributed by atoms with Crippen LogP contribution in [0.1, 0.15) is 33.4 Å². The van der Waals surface area contributed by atoms with Gasteiger partial charge in [-0.05, 0) is 39.0 Å². The van der Waals surface area contributed by atoms with Crippen molar-refractivity contribution in [3.05, 3.63) is 52.9 Å². The summed E-state index contributed by atoms with van der Waals surface area (Å²) in [6.07, 6.45) is 1.47. The molecule has 0 unspecified atom stereocenters. The lowest BCUT2D eigenvalue weighted by Crippen LogP contribution is -2.19. The summed E-state index contributed by atoms with van der Waals surface area (Å²) >= 11 is 0. The van der Waals surface area contributed by atoms with Crippen LogP contribution in [0.25, 0.3) is 5.78 Å². The molecular formula is C15H15N7O. The van der Waals surface area contributed by atoms with Gasteiger partial charge in [0.25, 0.3) is 5.78 Å². The summed E-state index contributed by atoms with van der Waals surface area (Å²) in [6, 6.07) is 7.41. The lowest BCUT2D eigenvalue weighted by Gasteiger charge is -1.97. The van der Waals surface area contributed by atoms with Gasteiger partial charge in [-0.3, -0.25) is 9.78 Å². The Morgan fingerprint density at radius 2 is 2.00 bits per heavy atom. The summed E-state index contributed by atoms with van der Waals surface area (Å²) in [6.45, 7) is 5.62. The summed E-state index contributed by atoms with van der Waals surface area (Å²) < 4.78 is 1.52. The third kappa shape index (κ3) is 3.20. The molecule has 3 aromatic rings. The number of nitrogens with one attached hydrogen (secondary N) is 1. The van der Waals surface area contributed by atoms with Crippen molar-refractivity contribution < 1.29 is 4.79 Å². The van der Waals surface area contributed by atoms with Crippen molar-refractivity contribution in [1.82, 2.24) is 30.0 Å². The van der Waals surface area contributed by atoms with E-state index in [1.165, 1.54) is 10.7 Å². The molecule has 23 heavy (non-hydrogen) atoms. The maximum Gasteiger partial charge on any atom is 0.311 e. The van der Waals surface area contributed by atoms with Crippen molar-refractivity contribution in [1.29, 1.82) is 0 Å². The Kier molecular flexibility index (Phi) is 3.80. The van der Waals surface area contributed by atoms with Crippen LogP contribution in [-0.4, -0.2) is 36.7 Å². The molecular weight excluding hydrogens is 294 g/mol. The molecule has 0 saturated heterocycles. The standard InChI is InChI=1S/C15H15N7O/c1-9-5-4-6-12(17-9)8-16-20-14(23)13-19-15-18-10(2)7-11(3)22(15)21-13/h4-8H,1-3H3,(H,20,23)/b16-8+. The van der Waals surface area contributed by atoms with Crippen molar-refractivity contribution in [2.45, 2.75) is 20.8 Å². The number of aromatic nitrogens is 5. The monoisotopic (exact) mass is 309 g/mol. The van der Waals surface area contributed by atoms with Gasteiger partial charge in [0.15, 0.2) is 0 Å². The Labute approximate surface area is 132 Å². The third-order valence-electron chi connectivity index (χ3n) is 3.09. The normalized spacial score (nSPS) is 11.3. The Morgan fingerprint density at radius 1 is 1.17 bits per heavy atom. The van der Waals surface area contributed by atoms with Crippen molar-refractivity contribution in [3.8, 4) is 0 Å². The number of pyridine rings is 1. The van der Waals surface area contributed by atoms with Crippen molar-refractivity contribution in [2.24, 2.45) is 5.10 Å². The van der Waals surface area contributed by atoms with Gasteiger partial charge in [-0.1, -0.05) is 6.07 Å². The van der Waals surface area contributed by atoms with Gasteiger partial charge in [0, 0.05) is 17.1 Å². The van der Waals surface area contributed by atoms with Crippen molar-refractivity contribution in [2.75, 3.05) is 0 Å². The predicted octanol–water partition coefficient (Wildman–Crippen LogP) is 1.21. The van der Waals surface area contributed by atoms with E-state index in [2.05, 4.69) is 30.6 Å². The Bertz CT molecular complexity index is 913. The van der Waals surface area contributed by atoms with Gasteiger partial charge in [-0.25, -0.2) is 14.9 Å². The first-order chi connectivity index (χ1) is 11.0. The number of hydrogen-bond donors (Lipinski definition) is 1. The second-order valence-electron chi connectivity index (χ2n) is 5.09. The molecule has 0 saturated carbocycles. The fraction of sp³-hybridized carbons (Fsp3) is 0.200. The topological polar surface area (TPSA) is 97.4 Å². The smallest absolute Gasteiger partial charge is 0.264 e. The summed E-state index contributed by atoms with van der Waals surface area (Å²) in [7, 11) is 0. The van der Waals surface area contributed by atoms with Crippen LogP contribution in [0.2, 0.25) is 0 Å². The van der Waals surface area contributed by atoms with Gasteiger partial charge in [0.2, 0.25) is 5.82 Å². The van der Waals surface area contributed by atoms with E-state index in [0.29, 0.717) is 11.5 Å². The van der Waals surface area contributed by atoms with Gasteiger partial charge < -0.3 is 0 Å². The molecule has 116 valence electrons. The van der Waals surface area contributed by atoms with E-state index in [1.54, 1.807) is 6.07 Å². The maximum absolute atomic E-state index is 12.1. The zero-order valence-corrected chi connectivity index (χ0v) is 13.0. The number of hydrogen-bond acceptors (Lipinski definition) is 6. The second-order valence-corrected chi connectivity index (χ2v) is 5.09. The van der Waals surface area contributed by atoms with E-state index in [1.807, 2.05) is 39.0 Å². The van der Waals surface area contributed by atoms with E-state index in [-0.39, 0.29) is 5.82 Å². The molecule has 0 aliphatic carbocycles. The van der Waals surface area contributed by atoms with Crippen LogP contribution >= 0.6 is 0 Å². The average molecular weight is 309 g/mol. The SMILES string of the molecule is Cc1cccc(/C=N/NC(=O)c2nc3nc(C)cc(C)n3n2)n1. The third-order valence-corrected chi connectivity index (χ3v) is 3.09. The summed E-state index contributed by atoms with van der Waals surface area (Å²) in [4.78, 5) is 24.7. The molecule has 0 radical (unpaired) electrons. The number of carbonyl (C=O) groups excluding carboxylic acids is 1. The number of amides is 1. The fourth-order valence-electron chi connectivity index (χ4n) is 2.11. The number of aryl methyl sites for hydroxylation is 3. The first kappa shape index (κ1) is 14.8. The second kappa shape index (κ2) is 5.91. The van der Waals surface area contributed by atoms with E-state index in [9.17, 15) is 4.79 Å². The number of hydrazone groups is 1. The number of carbonyl (C=O) groups is 1. The first-order valence-electron chi connectivity index (χ1n) is 7.01. The summed E-state index contributed by atoms with van der Waals surface area (Å²) in [5.74, 6) is -0.103. The Balaban J connectivity index is 1.77. The van der Waals surface area contributed by atoms with Crippen LogP contribution < -0.4 is 5.43 Å². The molecule has 8 nitrogen and oxygen atoms in total. The largest absolute Gasteiger partial charge is 0.311 e. The minimum absolute atomic E-state index is 0.0144. The van der Waals surface area contributed by atoms with Crippen LogP contribution in [0.4, 0.5) is 0 Å². The lowest BCUT2D eigenvalue weighted by molar-refractivity contribution is 0.0945. The Hall–Kier alpha value is -3.16. The highest BCUT2D eigenvalue weighted by Gasteiger charge is 2.14. The molecule has 1 amide bonds. The van der Waals surface area contributed by atoms with Crippen LogP contribution in [0.15, 0.2) is 29.4 Å². The summed E-state index contributed by atoms with van der Waals surface area (Å²) in [5.41, 5.74) is 5.59. The molecule has 1 N–H and O–H groups in total. The van der Waals surface area contributed by atoms with E-state index < -0.39 is 5.91 Å². The molecule has 0 aromatic carbocycles. The zero-order chi connectivity index (χ0) is 16.4. The predicted molar refractivity (Wildman–Crippen MR) is 84.3 cm³/mol. The molecule has 0 bridgehead atoms. The van der Waals surface area contributed by atoms with Crippen LogP contribution in [0.5, 0.6) is 0 Å². The molecule has 3 rings (SSSR count). The molecule has 0 spiro atoms. The molecule has 0 aliphatic rings. The lowest BCUT2D eigenvalue weighted by atomic mass is 10.3. The highest BCUT2D eigenvalue weighted by molar-refractivity contribution is 5.91. The molecule has 0 fully saturated rings. The van der Waals surface area contributed by atoms with Gasteiger partial charge in [0.05, 0.1) is 11.9 Å². The Morgan fingerprint density at radius 3 is 2.78 bits per heavy atom. The molecule has 3 heterocycles.